The van der Waals surface area contributed by atoms with Crippen LogP contribution in [0.5, 0.6) is 0 Å². The Morgan fingerprint density at radius 3 is 2.20 bits per heavy atom. The van der Waals surface area contributed by atoms with Gasteiger partial charge in [-0.25, -0.2) is 23.9 Å². The van der Waals surface area contributed by atoms with Crippen molar-refractivity contribution in [3.05, 3.63) is 102 Å². The normalized spacial score (nSPS) is 10.6. The second-order valence-electron chi connectivity index (χ2n) is 8.52. The second-order valence-corrected chi connectivity index (χ2v) is 10.5. The molecule has 1 aromatic heterocycles. The number of fused-ring (bicyclic) bond motifs is 1. The molecule has 0 unspecified atom stereocenters. The van der Waals surface area contributed by atoms with Crippen molar-refractivity contribution in [2.24, 2.45) is 0 Å². The fraction of sp³-hybridized carbons (Fsp3) is 0.0345. The molecule has 0 fully saturated rings. The quantitative estimate of drug-likeness (QED) is 0.151. The van der Waals surface area contributed by atoms with Crippen molar-refractivity contribution in [2.75, 3.05) is 28.4 Å². The lowest BCUT2D eigenvalue weighted by Crippen LogP contribution is -2.23. The Morgan fingerprint density at radius 1 is 0.780 bits per heavy atom. The molecule has 0 radical (unpaired) electrons. The van der Waals surface area contributed by atoms with Crippen LogP contribution in [0.2, 0.25) is 0 Å². The number of benzene rings is 4. The summed E-state index contributed by atoms with van der Waals surface area (Å²) in [7, 11) is 1.23. The number of hydrogen-bond donors (Lipinski definition) is 4. The number of rotatable bonds is 6. The average molecular weight is 632 g/mol. The summed E-state index contributed by atoms with van der Waals surface area (Å²) in [5.41, 5.74) is 2.91. The first-order valence-corrected chi connectivity index (χ1v) is 13.8. The first-order valence-electron chi connectivity index (χ1n) is 12.2. The molecular weight excluding hydrogens is 608 g/mol. The predicted octanol–water partition coefficient (Wildman–Crippen LogP) is 7.85. The predicted molar refractivity (Wildman–Crippen MR) is 164 cm³/mol. The SMILES string of the molecule is COC(=O)Nc1nc2cc(Sc3ccc(NC(=O)Nc4ccccc4Br)cc3)ccc2n1C(=O)Nc1ccccc1. The molecule has 5 aromatic rings. The molecule has 1 heterocycles. The van der Waals surface area contributed by atoms with Gasteiger partial charge in [-0.05, 0) is 82.7 Å². The summed E-state index contributed by atoms with van der Waals surface area (Å²) < 4.78 is 6.77. The molecule has 0 aliphatic carbocycles. The number of methoxy groups -OCH3 is 1. The molecule has 4 amide bonds. The number of aromatic nitrogens is 2. The van der Waals surface area contributed by atoms with Crippen LogP contribution >= 0.6 is 27.7 Å². The van der Waals surface area contributed by atoms with E-state index in [0.29, 0.717) is 28.1 Å². The van der Waals surface area contributed by atoms with E-state index < -0.39 is 12.1 Å². The summed E-state index contributed by atoms with van der Waals surface area (Å²) in [6.07, 6.45) is -0.748. The van der Waals surface area contributed by atoms with Crippen molar-refractivity contribution in [3.8, 4) is 0 Å². The van der Waals surface area contributed by atoms with Crippen molar-refractivity contribution in [2.45, 2.75) is 9.79 Å². The number of nitrogens with zero attached hydrogens (tertiary/aromatic N) is 2. The Hall–Kier alpha value is -4.81. The molecule has 0 saturated heterocycles. The number of nitrogens with one attached hydrogen (secondary N) is 4. The second kappa shape index (κ2) is 12.6. The number of halogens is 1. The first-order chi connectivity index (χ1) is 19.9. The summed E-state index contributed by atoms with van der Waals surface area (Å²) in [6.45, 7) is 0. The standard InChI is InChI=1S/C29H23BrN6O4S/c1-40-29(39)35-26-33-24-17-21(15-16-25(24)36(26)28(38)32-18-7-3-2-4-8-18)41-20-13-11-19(12-14-20)31-27(37)34-23-10-6-5-9-22(23)30/h2-17H,1H3,(H,32,38)(H2,31,34,37)(H,33,35,39). The molecule has 0 aliphatic heterocycles. The monoisotopic (exact) mass is 630 g/mol. The molecule has 0 aliphatic rings. The van der Waals surface area contributed by atoms with E-state index in [1.165, 1.54) is 23.4 Å². The van der Waals surface area contributed by atoms with E-state index in [1.807, 2.05) is 60.7 Å². The van der Waals surface area contributed by atoms with Crippen LogP contribution < -0.4 is 21.3 Å². The van der Waals surface area contributed by atoms with Gasteiger partial charge in [0, 0.05) is 25.6 Å². The van der Waals surface area contributed by atoms with E-state index in [9.17, 15) is 14.4 Å². The van der Waals surface area contributed by atoms with Gasteiger partial charge in [-0.3, -0.25) is 5.32 Å². The molecule has 10 nitrogen and oxygen atoms in total. The lowest BCUT2D eigenvalue weighted by Gasteiger charge is -2.10. The van der Waals surface area contributed by atoms with Gasteiger partial charge in [0.1, 0.15) is 0 Å². The Balaban J connectivity index is 1.31. The Kier molecular flexibility index (Phi) is 8.51. The maximum atomic E-state index is 13.2. The topological polar surface area (TPSA) is 126 Å². The number of hydrogen-bond acceptors (Lipinski definition) is 6. The highest BCUT2D eigenvalue weighted by Gasteiger charge is 2.20. The van der Waals surface area contributed by atoms with E-state index in [1.54, 1.807) is 36.4 Å². The molecule has 41 heavy (non-hydrogen) atoms. The molecule has 4 N–H and O–H groups in total. The maximum absolute atomic E-state index is 13.2. The number of ether oxygens (including phenoxy) is 1. The molecule has 0 saturated carbocycles. The highest BCUT2D eigenvalue weighted by molar-refractivity contribution is 9.10. The van der Waals surface area contributed by atoms with E-state index in [4.69, 9.17) is 4.74 Å². The third kappa shape index (κ3) is 6.86. The third-order valence-corrected chi connectivity index (χ3v) is 7.41. The van der Waals surface area contributed by atoms with Gasteiger partial charge >= 0.3 is 18.2 Å². The van der Waals surface area contributed by atoms with Crippen LogP contribution in [-0.4, -0.2) is 34.8 Å². The number of urea groups is 1. The van der Waals surface area contributed by atoms with E-state index in [2.05, 4.69) is 42.2 Å². The molecule has 0 atom stereocenters. The van der Waals surface area contributed by atoms with Gasteiger partial charge in [0.25, 0.3) is 0 Å². The molecule has 12 heteroatoms. The van der Waals surface area contributed by atoms with Gasteiger partial charge in [-0.2, -0.15) is 0 Å². The summed E-state index contributed by atoms with van der Waals surface area (Å²) in [6, 6.07) is 28.3. The van der Waals surface area contributed by atoms with Crippen molar-refractivity contribution < 1.29 is 19.1 Å². The first kappa shape index (κ1) is 27.7. The Labute approximate surface area is 247 Å². The minimum absolute atomic E-state index is 0.0265. The summed E-state index contributed by atoms with van der Waals surface area (Å²) >= 11 is 4.89. The van der Waals surface area contributed by atoms with Crippen LogP contribution in [0.15, 0.2) is 111 Å². The zero-order valence-corrected chi connectivity index (χ0v) is 24.0. The molecule has 5 rings (SSSR count). The van der Waals surface area contributed by atoms with Gasteiger partial charge in [0.15, 0.2) is 0 Å². The van der Waals surface area contributed by atoms with Crippen molar-refractivity contribution >= 4 is 79.9 Å². The van der Waals surface area contributed by atoms with Gasteiger partial charge in [0.05, 0.1) is 23.8 Å². The fourth-order valence-corrected chi connectivity index (χ4v) is 5.08. The van der Waals surface area contributed by atoms with E-state index in [-0.39, 0.29) is 12.0 Å². The zero-order chi connectivity index (χ0) is 28.8. The lowest BCUT2D eigenvalue weighted by molar-refractivity contribution is 0.186. The van der Waals surface area contributed by atoms with Gasteiger partial charge in [-0.1, -0.05) is 42.1 Å². The van der Waals surface area contributed by atoms with Crippen LogP contribution in [0.3, 0.4) is 0 Å². The summed E-state index contributed by atoms with van der Waals surface area (Å²) in [5, 5.41) is 10.9. The lowest BCUT2D eigenvalue weighted by atomic mass is 10.3. The fourth-order valence-electron chi connectivity index (χ4n) is 3.85. The molecular formula is C29H23BrN6O4S. The highest BCUT2D eigenvalue weighted by Crippen LogP contribution is 2.32. The van der Waals surface area contributed by atoms with Crippen LogP contribution in [0.4, 0.5) is 37.4 Å². The van der Waals surface area contributed by atoms with Crippen LogP contribution in [0, 0.1) is 0 Å². The molecule has 4 aromatic carbocycles. The zero-order valence-electron chi connectivity index (χ0n) is 21.6. The number of carbonyl (C=O) groups is 3. The van der Waals surface area contributed by atoms with Gasteiger partial charge < -0.3 is 20.7 Å². The maximum Gasteiger partial charge on any atom is 0.413 e. The molecule has 0 spiro atoms. The van der Waals surface area contributed by atoms with Gasteiger partial charge in [0.2, 0.25) is 5.95 Å². The van der Waals surface area contributed by atoms with Crippen molar-refractivity contribution in [1.29, 1.82) is 0 Å². The minimum Gasteiger partial charge on any atom is -0.453 e. The highest BCUT2D eigenvalue weighted by atomic mass is 79.9. The number of para-hydroxylation sites is 2. The number of carbonyl (C=O) groups excluding carboxylic acids is 3. The number of anilines is 4. The third-order valence-electron chi connectivity index (χ3n) is 5.72. The summed E-state index contributed by atoms with van der Waals surface area (Å²) in [4.78, 5) is 43.7. The average Bonchev–Trinajstić information content (AvgIpc) is 3.32. The molecule has 206 valence electrons. The number of amides is 4. The van der Waals surface area contributed by atoms with Crippen LogP contribution in [0.1, 0.15) is 0 Å². The van der Waals surface area contributed by atoms with E-state index in [0.717, 1.165) is 14.3 Å². The Morgan fingerprint density at radius 2 is 1.46 bits per heavy atom. The van der Waals surface area contributed by atoms with Crippen LogP contribution in [0.25, 0.3) is 11.0 Å². The largest absolute Gasteiger partial charge is 0.453 e. The summed E-state index contributed by atoms with van der Waals surface area (Å²) in [5.74, 6) is 0.0265. The van der Waals surface area contributed by atoms with Gasteiger partial charge in [-0.15, -0.1) is 0 Å². The Bertz CT molecular complexity index is 1730. The number of imidazole rings is 1. The van der Waals surface area contributed by atoms with Crippen molar-refractivity contribution in [1.82, 2.24) is 9.55 Å². The van der Waals surface area contributed by atoms with Crippen LogP contribution in [-0.2, 0) is 4.74 Å². The van der Waals surface area contributed by atoms with Crippen molar-refractivity contribution in [3.63, 3.8) is 0 Å². The van der Waals surface area contributed by atoms with E-state index >= 15 is 0 Å². The molecule has 0 bridgehead atoms. The minimum atomic E-state index is -0.748. The smallest absolute Gasteiger partial charge is 0.413 e.